The Bertz CT molecular complexity index is 737. The molecule has 1 heterocycles. The lowest BCUT2D eigenvalue weighted by molar-refractivity contribution is 0.596. The highest BCUT2D eigenvalue weighted by Crippen LogP contribution is 2.30. The topological polar surface area (TPSA) is 12.9 Å². The van der Waals surface area contributed by atoms with E-state index < -0.39 is 0 Å². The smallest absolute Gasteiger partial charge is 0.0712 e. The van der Waals surface area contributed by atoms with Gasteiger partial charge < -0.3 is 0 Å². The molecule has 0 aliphatic rings. The third kappa shape index (κ3) is 2.32. The van der Waals surface area contributed by atoms with Gasteiger partial charge in [-0.3, -0.25) is 0 Å². The molecule has 2 aromatic carbocycles. The fraction of sp³-hybridized carbons (Fsp3) is 0.211. The van der Waals surface area contributed by atoms with Crippen LogP contribution >= 0.6 is 0 Å². The molecule has 1 heteroatoms. The van der Waals surface area contributed by atoms with Gasteiger partial charge in [0.05, 0.1) is 11.2 Å². The van der Waals surface area contributed by atoms with Crippen molar-refractivity contribution in [3.63, 3.8) is 0 Å². The van der Waals surface area contributed by atoms with Crippen LogP contribution in [0.4, 0.5) is 0 Å². The summed E-state index contributed by atoms with van der Waals surface area (Å²) in [5, 5.41) is 1.25. The van der Waals surface area contributed by atoms with Crippen LogP contribution in [0.15, 0.2) is 60.7 Å². The molecule has 0 N–H and O–H groups in total. The van der Waals surface area contributed by atoms with Gasteiger partial charge in [-0.05, 0) is 23.1 Å². The number of aromatic nitrogens is 1. The van der Waals surface area contributed by atoms with Crippen LogP contribution in [0.3, 0.4) is 0 Å². The molecular weight excluding hydrogens is 242 g/mol. The van der Waals surface area contributed by atoms with Crippen molar-refractivity contribution in [1.29, 1.82) is 0 Å². The summed E-state index contributed by atoms with van der Waals surface area (Å²) in [7, 11) is 0. The molecule has 0 saturated carbocycles. The summed E-state index contributed by atoms with van der Waals surface area (Å²) in [4.78, 5) is 4.82. The Morgan fingerprint density at radius 2 is 1.50 bits per heavy atom. The molecule has 0 atom stereocenters. The highest BCUT2D eigenvalue weighted by atomic mass is 14.7. The average molecular weight is 261 g/mol. The summed E-state index contributed by atoms with van der Waals surface area (Å²) in [5.74, 6) is 0. The van der Waals surface area contributed by atoms with Gasteiger partial charge in [-0.2, -0.15) is 0 Å². The van der Waals surface area contributed by atoms with Crippen LogP contribution < -0.4 is 0 Å². The Morgan fingerprint density at radius 3 is 2.20 bits per heavy atom. The third-order valence-corrected chi connectivity index (χ3v) is 3.61. The number of hydrogen-bond donors (Lipinski definition) is 0. The minimum absolute atomic E-state index is 0.134. The molecule has 20 heavy (non-hydrogen) atoms. The van der Waals surface area contributed by atoms with Gasteiger partial charge in [-0.25, -0.2) is 4.98 Å². The molecule has 3 aromatic rings. The first-order valence-electron chi connectivity index (χ1n) is 7.01. The van der Waals surface area contributed by atoms with Gasteiger partial charge in [0.25, 0.3) is 0 Å². The fourth-order valence-electron chi connectivity index (χ4n) is 2.58. The van der Waals surface area contributed by atoms with E-state index in [2.05, 4.69) is 63.2 Å². The van der Waals surface area contributed by atoms with Gasteiger partial charge in [-0.1, -0.05) is 69.3 Å². The number of rotatable bonds is 1. The zero-order chi connectivity index (χ0) is 14.2. The molecule has 0 aliphatic heterocycles. The van der Waals surface area contributed by atoms with E-state index in [1.165, 1.54) is 10.9 Å². The quantitative estimate of drug-likeness (QED) is 0.586. The number of nitrogens with zero attached hydrogens (tertiary/aromatic N) is 1. The molecule has 0 amide bonds. The second-order valence-electron chi connectivity index (χ2n) is 6.18. The molecule has 0 fully saturated rings. The van der Waals surface area contributed by atoms with Gasteiger partial charge in [0, 0.05) is 10.9 Å². The van der Waals surface area contributed by atoms with Gasteiger partial charge in [0.1, 0.15) is 0 Å². The van der Waals surface area contributed by atoms with Crippen LogP contribution in [-0.4, -0.2) is 4.98 Å². The molecule has 100 valence electrons. The number of fused-ring (bicyclic) bond motifs is 1. The highest BCUT2D eigenvalue weighted by molar-refractivity contribution is 5.85. The zero-order valence-electron chi connectivity index (χ0n) is 12.2. The van der Waals surface area contributed by atoms with Crippen molar-refractivity contribution < 1.29 is 0 Å². The van der Waals surface area contributed by atoms with Gasteiger partial charge in [0.2, 0.25) is 0 Å². The second kappa shape index (κ2) is 4.75. The monoisotopic (exact) mass is 261 g/mol. The van der Waals surface area contributed by atoms with Crippen molar-refractivity contribution in [3.05, 3.63) is 66.2 Å². The van der Waals surface area contributed by atoms with Crippen LogP contribution in [0, 0.1) is 0 Å². The number of pyridine rings is 1. The molecule has 1 nitrogen and oxygen atoms in total. The van der Waals surface area contributed by atoms with E-state index in [1.54, 1.807) is 0 Å². The SMILES string of the molecule is CC(C)(C)c1cccc2nc(-c3ccccc3)ccc12. The standard InChI is InChI=1S/C19H19N/c1-19(2,3)16-10-7-11-18-15(16)12-13-17(20-18)14-8-5-4-6-9-14/h4-13H,1-3H3. The van der Waals surface area contributed by atoms with Gasteiger partial charge in [-0.15, -0.1) is 0 Å². The molecule has 0 bridgehead atoms. The summed E-state index contributed by atoms with van der Waals surface area (Å²) < 4.78 is 0. The van der Waals surface area contributed by atoms with E-state index in [-0.39, 0.29) is 5.41 Å². The predicted octanol–water partition coefficient (Wildman–Crippen LogP) is 5.20. The maximum absolute atomic E-state index is 4.82. The van der Waals surface area contributed by atoms with E-state index in [4.69, 9.17) is 4.98 Å². The molecule has 0 spiro atoms. The Morgan fingerprint density at radius 1 is 0.750 bits per heavy atom. The van der Waals surface area contributed by atoms with Crippen molar-refractivity contribution in [2.45, 2.75) is 26.2 Å². The average Bonchev–Trinajstić information content (AvgIpc) is 2.46. The first-order chi connectivity index (χ1) is 9.55. The Kier molecular flexibility index (Phi) is 3.06. The van der Waals surface area contributed by atoms with E-state index in [1.807, 2.05) is 18.2 Å². The van der Waals surface area contributed by atoms with Crippen LogP contribution in [0.1, 0.15) is 26.3 Å². The highest BCUT2D eigenvalue weighted by Gasteiger charge is 2.16. The Labute approximate surface area is 120 Å². The van der Waals surface area contributed by atoms with Crippen molar-refractivity contribution in [1.82, 2.24) is 4.98 Å². The number of benzene rings is 2. The van der Waals surface area contributed by atoms with Gasteiger partial charge >= 0.3 is 0 Å². The molecule has 0 unspecified atom stereocenters. The van der Waals surface area contributed by atoms with Crippen molar-refractivity contribution in [2.75, 3.05) is 0 Å². The maximum Gasteiger partial charge on any atom is 0.0712 e. The summed E-state index contributed by atoms with van der Waals surface area (Å²) in [6, 6.07) is 21.0. The minimum Gasteiger partial charge on any atom is -0.248 e. The van der Waals surface area contributed by atoms with E-state index in [0.717, 1.165) is 16.8 Å². The predicted molar refractivity (Wildman–Crippen MR) is 85.9 cm³/mol. The van der Waals surface area contributed by atoms with Crippen LogP contribution in [0.2, 0.25) is 0 Å². The van der Waals surface area contributed by atoms with Crippen LogP contribution in [0.5, 0.6) is 0 Å². The third-order valence-electron chi connectivity index (χ3n) is 3.61. The van der Waals surface area contributed by atoms with Crippen LogP contribution in [-0.2, 0) is 5.41 Å². The molecule has 0 saturated heterocycles. The van der Waals surface area contributed by atoms with Crippen LogP contribution in [0.25, 0.3) is 22.2 Å². The Hall–Kier alpha value is -2.15. The lowest BCUT2D eigenvalue weighted by atomic mass is 9.84. The van der Waals surface area contributed by atoms with Crippen molar-refractivity contribution in [3.8, 4) is 11.3 Å². The molecule has 3 rings (SSSR count). The molecule has 1 aromatic heterocycles. The minimum atomic E-state index is 0.134. The summed E-state index contributed by atoms with van der Waals surface area (Å²) in [6.07, 6.45) is 0. The van der Waals surface area contributed by atoms with Gasteiger partial charge in [0.15, 0.2) is 0 Å². The van der Waals surface area contributed by atoms with E-state index in [0.29, 0.717) is 0 Å². The fourth-order valence-corrected chi connectivity index (χ4v) is 2.58. The van der Waals surface area contributed by atoms with Crippen molar-refractivity contribution in [2.24, 2.45) is 0 Å². The van der Waals surface area contributed by atoms with E-state index in [9.17, 15) is 0 Å². The lowest BCUT2D eigenvalue weighted by Gasteiger charge is -2.21. The first kappa shape index (κ1) is 12.9. The summed E-state index contributed by atoms with van der Waals surface area (Å²) in [6.45, 7) is 6.73. The summed E-state index contributed by atoms with van der Waals surface area (Å²) >= 11 is 0. The lowest BCUT2D eigenvalue weighted by Crippen LogP contribution is -2.11. The van der Waals surface area contributed by atoms with E-state index >= 15 is 0 Å². The summed E-state index contributed by atoms with van der Waals surface area (Å²) in [5.41, 5.74) is 4.75. The first-order valence-corrected chi connectivity index (χ1v) is 7.01. The number of hydrogen-bond acceptors (Lipinski definition) is 1. The zero-order valence-corrected chi connectivity index (χ0v) is 12.2. The molecule has 0 radical (unpaired) electrons. The Balaban J connectivity index is 2.19. The maximum atomic E-state index is 4.82. The molecular formula is C19H19N. The second-order valence-corrected chi connectivity index (χ2v) is 6.18. The van der Waals surface area contributed by atoms with Crippen molar-refractivity contribution >= 4 is 10.9 Å². The normalized spacial score (nSPS) is 11.8. The molecule has 0 aliphatic carbocycles. The largest absolute Gasteiger partial charge is 0.248 e.